The molecule has 1 aliphatic rings. The fourth-order valence-corrected chi connectivity index (χ4v) is 4.57. The van der Waals surface area contributed by atoms with Crippen molar-refractivity contribution in [3.63, 3.8) is 0 Å². The minimum atomic E-state index is -4.19. The first-order chi connectivity index (χ1) is 16.7. The molecule has 4 rings (SSSR count). The molecule has 0 saturated carbocycles. The van der Waals surface area contributed by atoms with Crippen LogP contribution in [0.2, 0.25) is 0 Å². The second-order valence-electron chi connectivity index (χ2n) is 8.54. The van der Waals surface area contributed by atoms with Crippen LogP contribution in [0.1, 0.15) is 29.6 Å². The van der Waals surface area contributed by atoms with Crippen LogP contribution in [0.25, 0.3) is 22.2 Å². The van der Waals surface area contributed by atoms with Crippen LogP contribution in [0.15, 0.2) is 42.5 Å². The van der Waals surface area contributed by atoms with E-state index in [-0.39, 0.29) is 19.0 Å². The lowest BCUT2D eigenvalue weighted by atomic mass is 9.92. The molecule has 35 heavy (non-hydrogen) atoms. The van der Waals surface area contributed by atoms with Gasteiger partial charge in [0.1, 0.15) is 0 Å². The summed E-state index contributed by atoms with van der Waals surface area (Å²) >= 11 is 0. The number of hydrogen-bond acceptors (Lipinski definition) is 5. The van der Waals surface area contributed by atoms with Crippen molar-refractivity contribution in [2.75, 3.05) is 34.4 Å². The summed E-state index contributed by atoms with van der Waals surface area (Å²) in [5.41, 5.74) is 2.30. The number of hydrogen-bond donors (Lipinski definition) is 0. The number of aromatic nitrogens is 1. The minimum absolute atomic E-state index is 0.220. The predicted molar refractivity (Wildman–Crippen MR) is 126 cm³/mol. The van der Waals surface area contributed by atoms with Crippen molar-refractivity contribution in [1.29, 1.82) is 0 Å². The molecule has 0 unspecified atom stereocenters. The minimum Gasteiger partial charge on any atom is -0.493 e. The van der Waals surface area contributed by atoms with Crippen molar-refractivity contribution < 1.29 is 32.2 Å². The quantitative estimate of drug-likeness (QED) is 0.443. The average Bonchev–Trinajstić information content (AvgIpc) is 2.86. The number of carbonyl (C=O) groups excluding carboxylic acids is 1. The smallest absolute Gasteiger partial charge is 0.389 e. The van der Waals surface area contributed by atoms with E-state index >= 15 is 0 Å². The molecule has 1 saturated heterocycles. The maximum absolute atomic E-state index is 13.5. The van der Waals surface area contributed by atoms with Crippen molar-refractivity contribution in [1.82, 2.24) is 9.88 Å². The molecule has 0 bridgehead atoms. The molecule has 0 N–H and O–H groups in total. The van der Waals surface area contributed by atoms with Gasteiger partial charge in [0, 0.05) is 30.5 Å². The van der Waals surface area contributed by atoms with Crippen molar-refractivity contribution in [3.05, 3.63) is 48.0 Å². The van der Waals surface area contributed by atoms with Gasteiger partial charge in [-0.05, 0) is 43.0 Å². The number of rotatable bonds is 6. The maximum Gasteiger partial charge on any atom is 0.389 e. The molecule has 6 nitrogen and oxygen atoms in total. The van der Waals surface area contributed by atoms with Crippen LogP contribution in [0.5, 0.6) is 17.2 Å². The lowest BCUT2D eigenvalue weighted by molar-refractivity contribution is -0.147. The van der Waals surface area contributed by atoms with Gasteiger partial charge in [0.15, 0.2) is 11.5 Å². The molecular formula is C26H27F3N2O4. The number of carbonyl (C=O) groups is 1. The average molecular weight is 489 g/mol. The van der Waals surface area contributed by atoms with E-state index in [1.54, 1.807) is 23.1 Å². The Morgan fingerprint density at radius 1 is 1.00 bits per heavy atom. The molecule has 1 fully saturated rings. The van der Waals surface area contributed by atoms with E-state index in [9.17, 15) is 18.0 Å². The number of pyridine rings is 1. The molecular weight excluding hydrogens is 461 g/mol. The van der Waals surface area contributed by atoms with Gasteiger partial charge in [-0.2, -0.15) is 13.2 Å². The van der Waals surface area contributed by atoms with E-state index in [4.69, 9.17) is 19.2 Å². The topological polar surface area (TPSA) is 60.9 Å². The molecule has 1 aromatic heterocycles. The molecule has 2 aromatic carbocycles. The summed E-state index contributed by atoms with van der Waals surface area (Å²) in [5.74, 6) is 0.677. The second-order valence-corrected chi connectivity index (χ2v) is 8.54. The molecule has 1 aliphatic heterocycles. The predicted octanol–water partition coefficient (Wildman–Crippen LogP) is 5.73. The van der Waals surface area contributed by atoms with Crippen LogP contribution in [-0.2, 0) is 0 Å². The van der Waals surface area contributed by atoms with Crippen molar-refractivity contribution >= 4 is 16.8 Å². The highest BCUT2D eigenvalue weighted by molar-refractivity contribution is 6.07. The standard InChI is InChI=1S/C26H27F3N2O4/c1-33-22-12-17(13-23(34-2)24(22)35-3)21-14-19(18-6-4-5-7-20(18)30-21)25(32)31-10-8-16(9-11-31)15-26(27,28)29/h4-7,12-14,16H,8-11,15H2,1-3H3. The summed E-state index contributed by atoms with van der Waals surface area (Å²) in [6.45, 7) is 0.575. The second kappa shape index (κ2) is 10.0. The first-order valence-corrected chi connectivity index (χ1v) is 11.3. The number of halogens is 3. The number of alkyl halides is 3. The van der Waals surface area contributed by atoms with Crippen LogP contribution in [0.3, 0.4) is 0 Å². The van der Waals surface area contributed by atoms with Gasteiger partial charge in [0.25, 0.3) is 5.91 Å². The highest BCUT2D eigenvalue weighted by atomic mass is 19.4. The zero-order valence-corrected chi connectivity index (χ0v) is 19.8. The van der Waals surface area contributed by atoms with Gasteiger partial charge in [-0.1, -0.05) is 18.2 Å². The van der Waals surface area contributed by atoms with Gasteiger partial charge in [-0.25, -0.2) is 4.98 Å². The summed E-state index contributed by atoms with van der Waals surface area (Å²) in [6, 6.07) is 12.5. The summed E-state index contributed by atoms with van der Waals surface area (Å²) in [7, 11) is 4.56. The molecule has 0 spiro atoms. The number of para-hydroxylation sites is 1. The number of piperidine rings is 1. The van der Waals surface area contributed by atoms with Crippen molar-refractivity contribution in [2.24, 2.45) is 5.92 Å². The van der Waals surface area contributed by atoms with E-state index < -0.39 is 18.5 Å². The Balaban J connectivity index is 1.71. The lowest BCUT2D eigenvalue weighted by Gasteiger charge is -2.32. The normalized spacial score (nSPS) is 14.7. The summed E-state index contributed by atoms with van der Waals surface area (Å²) in [5, 5.41) is 0.686. The molecule has 0 aliphatic carbocycles. The number of nitrogens with zero attached hydrogens (tertiary/aromatic N) is 2. The Bertz CT molecular complexity index is 1200. The van der Waals surface area contributed by atoms with E-state index in [0.29, 0.717) is 57.8 Å². The number of benzene rings is 2. The van der Waals surface area contributed by atoms with Gasteiger partial charge >= 0.3 is 6.18 Å². The Labute approximate surface area is 201 Å². The molecule has 1 amide bonds. The van der Waals surface area contributed by atoms with Crippen LogP contribution < -0.4 is 14.2 Å². The summed E-state index contributed by atoms with van der Waals surface area (Å²) in [4.78, 5) is 19.9. The fraction of sp³-hybridized carbons (Fsp3) is 0.385. The molecule has 0 radical (unpaired) electrons. The van der Waals surface area contributed by atoms with Gasteiger partial charge in [0.05, 0.1) is 38.1 Å². The largest absolute Gasteiger partial charge is 0.493 e. The Kier molecular flexibility index (Phi) is 7.05. The Hall–Kier alpha value is -3.49. The molecule has 186 valence electrons. The first kappa shape index (κ1) is 24.6. The van der Waals surface area contributed by atoms with Gasteiger partial charge in [0.2, 0.25) is 5.75 Å². The molecule has 0 atom stereocenters. The van der Waals surface area contributed by atoms with Crippen LogP contribution in [0.4, 0.5) is 13.2 Å². The van der Waals surface area contributed by atoms with Crippen LogP contribution >= 0.6 is 0 Å². The van der Waals surface area contributed by atoms with E-state index in [0.717, 1.165) is 0 Å². The van der Waals surface area contributed by atoms with E-state index in [2.05, 4.69) is 0 Å². The molecule has 2 heterocycles. The van der Waals surface area contributed by atoms with Crippen LogP contribution in [-0.4, -0.2) is 56.4 Å². The third kappa shape index (κ3) is 5.28. The number of amides is 1. The number of fused-ring (bicyclic) bond motifs is 1. The van der Waals surface area contributed by atoms with Gasteiger partial charge < -0.3 is 19.1 Å². The number of ether oxygens (including phenoxy) is 3. The van der Waals surface area contributed by atoms with Crippen molar-refractivity contribution in [2.45, 2.75) is 25.4 Å². The van der Waals surface area contributed by atoms with Gasteiger partial charge in [-0.15, -0.1) is 0 Å². The number of likely N-dealkylation sites (tertiary alicyclic amines) is 1. The highest BCUT2D eigenvalue weighted by Gasteiger charge is 2.34. The third-order valence-electron chi connectivity index (χ3n) is 6.33. The Morgan fingerprint density at radius 2 is 1.63 bits per heavy atom. The molecule has 9 heteroatoms. The molecule has 3 aromatic rings. The fourth-order valence-electron chi connectivity index (χ4n) is 4.57. The third-order valence-corrected chi connectivity index (χ3v) is 6.33. The Morgan fingerprint density at radius 3 is 2.20 bits per heavy atom. The maximum atomic E-state index is 13.5. The lowest BCUT2D eigenvalue weighted by Crippen LogP contribution is -2.39. The monoisotopic (exact) mass is 488 g/mol. The summed E-state index contributed by atoms with van der Waals surface area (Å²) < 4.78 is 54.7. The van der Waals surface area contributed by atoms with Gasteiger partial charge in [-0.3, -0.25) is 4.79 Å². The van der Waals surface area contributed by atoms with E-state index in [1.807, 2.05) is 24.3 Å². The highest BCUT2D eigenvalue weighted by Crippen LogP contribution is 2.41. The number of methoxy groups -OCH3 is 3. The zero-order valence-electron chi connectivity index (χ0n) is 19.8. The summed E-state index contributed by atoms with van der Waals surface area (Å²) in [6.07, 6.45) is -4.34. The SMILES string of the molecule is COc1cc(-c2cc(C(=O)N3CCC(CC(F)(F)F)CC3)c3ccccc3n2)cc(OC)c1OC. The van der Waals surface area contributed by atoms with Crippen molar-refractivity contribution in [3.8, 4) is 28.5 Å². The zero-order chi connectivity index (χ0) is 25.2. The van der Waals surface area contributed by atoms with Crippen LogP contribution in [0, 0.1) is 5.92 Å². The van der Waals surface area contributed by atoms with E-state index in [1.165, 1.54) is 21.3 Å². The first-order valence-electron chi connectivity index (χ1n) is 11.3.